The van der Waals surface area contributed by atoms with E-state index in [1.807, 2.05) is 27.7 Å². The van der Waals surface area contributed by atoms with E-state index in [1.54, 1.807) is 20.9 Å². The molecule has 3 aliphatic carbocycles. The summed E-state index contributed by atoms with van der Waals surface area (Å²) in [5.41, 5.74) is -1.94. The maximum Gasteiger partial charge on any atom is 0.315 e. The Morgan fingerprint density at radius 3 is 2.12 bits per heavy atom. The standard InChI is InChI=1S/C35H60N6O7S/c1-10-14-24(27(42)30(44)36-22-15-16-22)37-29(43)26-25-23(34(25,7)8)19-41(26)31(45)28(33(4,5)6)38-32(46)39-35(17-12-11-13-18-35)20-49(47,48)40(9)21(2)3/h21-26,28H,10-20H2,1-9H3,(H,36,44)(H,37,43)(H2,38,39,46)/t23-,24-,25-,26-,28+/m0/s1. The Labute approximate surface area is 292 Å². The predicted molar refractivity (Wildman–Crippen MR) is 187 cm³/mol. The number of Topliss-reactive ketones (excluding diaryl/α,β-unsaturated/α-hetero) is 1. The van der Waals surface area contributed by atoms with Crippen LogP contribution in [0, 0.1) is 22.7 Å². The molecule has 278 valence electrons. The molecule has 5 atom stereocenters. The Morgan fingerprint density at radius 1 is 0.980 bits per heavy atom. The summed E-state index contributed by atoms with van der Waals surface area (Å²) >= 11 is 0. The van der Waals surface area contributed by atoms with E-state index in [9.17, 15) is 32.4 Å². The third-order valence-corrected chi connectivity index (χ3v) is 13.5. The van der Waals surface area contributed by atoms with Gasteiger partial charge in [-0.05, 0) is 68.6 Å². The average Bonchev–Trinajstić information content (AvgIpc) is 3.85. The molecule has 4 rings (SSSR count). The number of hydrogen-bond acceptors (Lipinski definition) is 7. The molecule has 4 N–H and O–H groups in total. The molecule has 0 radical (unpaired) electrons. The number of amides is 5. The summed E-state index contributed by atoms with van der Waals surface area (Å²) in [6, 6.07) is -3.77. The van der Waals surface area contributed by atoms with Crippen molar-refractivity contribution >= 4 is 39.6 Å². The van der Waals surface area contributed by atoms with Crippen LogP contribution in [0.3, 0.4) is 0 Å². The van der Waals surface area contributed by atoms with E-state index >= 15 is 0 Å². The van der Waals surface area contributed by atoms with Crippen molar-refractivity contribution < 1.29 is 32.4 Å². The van der Waals surface area contributed by atoms with Crippen LogP contribution in [-0.2, 0) is 29.2 Å². The van der Waals surface area contributed by atoms with Gasteiger partial charge in [-0.1, -0.05) is 67.2 Å². The largest absolute Gasteiger partial charge is 0.347 e. The highest BCUT2D eigenvalue weighted by Crippen LogP contribution is 2.65. The van der Waals surface area contributed by atoms with Gasteiger partial charge in [0.1, 0.15) is 12.1 Å². The van der Waals surface area contributed by atoms with Crippen LogP contribution in [0.4, 0.5) is 4.79 Å². The minimum absolute atomic E-state index is 0.00296. The quantitative estimate of drug-likeness (QED) is 0.201. The number of rotatable bonds is 14. The third-order valence-electron chi connectivity index (χ3n) is 11.3. The van der Waals surface area contributed by atoms with Crippen molar-refractivity contribution in [3.8, 4) is 0 Å². The SMILES string of the molecule is CCC[C@H](NC(=O)[C@@H]1[C@@H]2[C@H](CN1C(=O)[C@@H](NC(=O)NC1(CS(=O)(=O)N(C)C(C)C)CCCCC1)C(C)(C)C)C2(C)C)C(=O)C(=O)NC1CC1. The highest BCUT2D eigenvalue weighted by atomic mass is 32.2. The van der Waals surface area contributed by atoms with Crippen molar-refractivity contribution in [1.82, 2.24) is 30.5 Å². The van der Waals surface area contributed by atoms with Gasteiger partial charge in [-0.25, -0.2) is 17.5 Å². The van der Waals surface area contributed by atoms with Crippen LogP contribution in [-0.4, -0.2) is 102 Å². The van der Waals surface area contributed by atoms with Crippen molar-refractivity contribution in [3.05, 3.63) is 0 Å². The first-order valence-corrected chi connectivity index (χ1v) is 19.8. The molecule has 13 nitrogen and oxygen atoms in total. The fraction of sp³-hybridized carbons (Fsp3) is 0.857. The molecular weight excluding hydrogens is 648 g/mol. The first-order valence-electron chi connectivity index (χ1n) is 18.1. The maximum atomic E-state index is 14.4. The second-order valence-corrected chi connectivity index (χ2v) is 19.0. The van der Waals surface area contributed by atoms with Gasteiger partial charge >= 0.3 is 6.03 Å². The fourth-order valence-corrected chi connectivity index (χ4v) is 9.70. The number of likely N-dealkylation sites (tertiary alicyclic amines) is 1. The second kappa shape index (κ2) is 14.5. The van der Waals surface area contributed by atoms with Gasteiger partial charge in [0.25, 0.3) is 5.91 Å². The number of carbonyl (C=O) groups excluding carboxylic acids is 5. The monoisotopic (exact) mass is 708 g/mol. The zero-order valence-electron chi connectivity index (χ0n) is 31.0. The van der Waals surface area contributed by atoms with E-state index in [1.165, 1.54) is 9.21 Å². The van der Waals surface area contributed by atoms with Gasteiger partial charge in [-0.15, -0.1) is 0 Å². The van der Waals surface area contributed by atoms with Crippen LogP contribution in [0.2, 0.25) is 0 Å². The molecule has 0 aromatic heterocycles. The van der Waals surface area contributed by atoms with E-state index in [0.29, 0.717) is 25.8 Å². The molecule has 0 spiro atoms. The molecule has 4 aliphatic rings. The predicted octanol–water partition coefficient (Wildman–Crippen LogP) is 2.69. The van der Waals surface area contributed by atoms with Crippen LogP contribution in [0.1, 0.15) is 113 Å². The lowest BCUT2D eigenvalue weighted by Gasteiger charge is -2.41. The molecule has 0 aromatic rings. The summed E-state index contributed by atoms with van der Waals surface area (Å²) in [5.74, 6) is -2.59. The van der Waals surface area contributed by atoms with Crippen molar-refractivity contribution in [2.45, 2.75) is 149 Å². The van der Waals surface area contributed by atoms with Crippen LogP contribution in [0.25, 0.3) is 0 Å². The van der Waals surface area contributed by atoms with Crippen molar-refractivity contribution in [3.63, 3.8) is 0 Å². The lowest BCUT2D eigenvalue weighted by atomic mass is 9.83. The zero-order valence-corrected chi connectivity index (χ0v) is 31.8. The smallest absolute Gasteiger partial charge is 0.315 e. The van der Waals surface area contributed by atoms with Gasteiger partial charge in [-0.2, -0.15) is 0 Å². The highest BCUT2D eigenvalue weighted by molar-refractivity contribution is 7.89. The van der Waals surface area contributed by atoms with E-state index < -0.39 is 68.6 Å². The fourth-order valence-electron chi connectivity index (χ4n) is 7.80. The van der Waals surface area contributed by atoms with Gasteiger partial charge in [0.05, 0.1) is 17.3 Å². The molecule has 0 unspecified atom stereocenters. The Morgan fingerprint density at radius 2 is 1.59 bits per heavy atom. The normalized spacial score (nSPS) is 25.6. The van der Waals surface area contributed by atoms with E-state index in [4.69, 9.17) is 0 Å². The minimum Gasteiger partial charge on any atom is -0.347 e. The highest BCUT2D eigenvalue weighted by Gasteiger charge is 2.70. The summed E-state index contributed by atoms with van der Waals surface area (Å²) in [6.07, 6.45) is 6.02. The van der Waals surface area contributed by atoms with Crippen molar-refractivity contribution in [1.29, 1.82) is 0 Å². The Balaban J connectivity index is 1.53. The van der Waals surface area contributed by atoms with E-state index in [0.717, 1.165) is 32.1 Å². The summed E-state index contributed by atoms with van der Waals surface area (Å²) in [7, 11) is -2.14. The zero-order chi connectivity index (χ0) is 36.7. The van der Waals surface area contributed by atoms with Crippen LogP contribution in [0.15, 0.2) is 0 Å². The number of sulfonamides is 1. The Hall–Kier alpha value is -2.74. The third kappa shape index (κ3) is 8.77. The summed E-state index contributed by atoms with van der Waals surface area (Å²) in [4.78, 5) is 69.4. The molecule has 1 saturated heterocycles. The lowest BCUT2D eigenvalue weighted by Crippen LogP contribution is -2.64. The van der Waals surface area contributed by atoms with Gasteiger partial charge < -0.3 is 26.2 Å². The minimum atomic E-state index is -3.69. The number of fused-ring (bicyclic) bond motifs is 1. The summed E-state index contributed by atoms with van der Waals surface area (Å²) in [5, 5.41) is 11.4. The van der Waals surface area contributed by atoms with Gasteiger partial charge in [0.2, 0.25) is 27.6 Å². The van der Waals surface area contributed by atoms with Crippen LogP contribution in [0.5, 0.6) is 0 Å². The Bertz CT molecular complexity index is 1400. The lowest BCUT2D eigenvalue weighted by molar-refractivity contribution is -0.145. The maximum absolute atomic E-state index is 14.4. The number of nitrogens with zero attached hydrogens (tertiary/aromatic N) is 2. The molecule has 1 heterocycles. The molecule has 0 bridgehead atoms. The number of piperidine rings is 1. The van der Waals surface area contributed by atoms with Crippen LogP contribution >= 0.6 is 0 Å². The van der Waals surface area contributed by atoms with E-state index in [-0.39, 0.29) is 41.5 Å². The van der Waals surface area contributed by atoms with Gasteiger partial charge in [0, 0.05) is 25.7 Å². The molecule has 3 saturated carbocycles. The molecule has 5 amide bonds. The molecular formula is C35H60N6O7S. The number of ketones is 1. The Kier molecular flexibility index (Phi) is 11.5. The van der Waals surface area contributed by atoms with Gasteiger partial charge in [0.15, 0.2) is 0 Å². The first kappa shape index (κ1) is 39.1. The number of hydrogen-bond donors (Lipinski definition) is 4. The van der Waals surface area contributed by atoms with Gasteiger partial charge in [-0.3, -0.25) is 19.2 Å². The van der Waals surface area contributed by atoms with Crippen LogP contribution < -0.4 is 21.3 Å². The molecule has 1 aliphatic heterocycles. The number of carbonyl (C=O) groups is 5. The average molecular weight is 709 g/mol. The second-order valence-electron chi connectivity index (χ2n) is 17.0. The van der Waals surface area contributed by atoms with Crippen molar-refractivity contribution in [2.24, 2.45) is 22.7 Å². The molecule has 4 fully saturated rings. The van der Waals surface area contributed by atoms with E-state index in [2.05, 4.69) is 35.1 Å². The topological polar surface area (TPSA) is 174 Å². The molecule has 0 aromatic carbocycles. The number of nitrogens with one attached hydrogen (secondary N) is 4. The summed E-state index contributed by atoms with van der Waals surface area (Å²) < 4.78 is 28.0. The molecule has 49 heavy (non-hydrogen) atoms. The number of urea groups is 1. The molecule has 14 heteroatoms. The summed E-state index contributed by atoms with van der Waals surface area (Å²) in [6.45, 7) is 15.4. The first-order chi connectivity index (χ1) is 22.6. The van der Waals surface area contributed by atoms with Crippen molar-refractivity contribution in [2.75, 3.05) is 19.3 Å².